The molecule has 0 aliphatic heterocycles. The molecule has 0 spiro atoms. The van der Waals surface area contributed by atoms with E-state index >= 15 is 0 Å². The van der Waals surface area contributed by atoms with E-state index in [-0.39, 0.29) is 4.83 Å². The molecular weight excluding hydrogens is 174 g/mol. The zero-order valence-electron chi connectivity index (χ0n) is 4.56. The van der Waals surface area contributed by atoms with E-state index in [1.54, 1.807) is 0 Å². The smallest absolute Gasteiger partial charge is 0.233 e. The van der Waals surface area contributed by atoms with Gasteiger partial charge in [-0.25, -0.2) is 0 Å². The first-order chi connectivity index (χ1) is 3.68. The summed E-state index contributed by atoms with van der Waals surface area (Å²) in [4.78, 5) is 9.83. The van der Waals surface area contributed by atoms with Crippen LogP contribution in [0.1, 0.15) is 0 Å². The molecule has 2 N–H and O–H groups in total. The van der Waals surface area contributed by atoms with Crippen LogP contribution in [0.25, 0.3) is 0 Å². The molecule has 0 rings (SSSR count). The lowest BCUT2D eigenvalue weighted by Gasteiger charge is -2.00. The topological polar surface area (TPSA) is 52.3 Å². The van der Waals surface area contributed by atoms with E-state index in [0.29, 0.717) is 6.61 Å². The van der Waals surface area contributed by atoms with E-state index in [0.717, 1.165) is 0 Å². The second-order valence-electron chi connectivity index (χ2n) is 1.33. The van der Waals surface area contributed by atoms with Crippen molar-refractivity contribution in [3.63, 3.8) is 0 Å². The highest BCUT2D eigenvalue weighted by Gasteiger charge is 2.08. The van der Waals surface area contributed by atoms with Crippen molar-refractivity contribution < 1.29 is 9.53 Å². The van der Waals surface area contributed by atoms with Gasteiger partial charge in [0.25, 0.3) is 0 Å². The zero-order valence-corrected chi connectivity index (χ0v) is 6.14. The largest absolute Gasteiger partial charge is 0.383 e. The SMILES string of the molecule is COCC(Br)C(N)=O. The molecule has 1 atom stereocenters. The van der Waals surface area contributed by atoms with Crippen LogP contribution in [0.5, 0.6) is 0 Å². The number of primary amides is 1. The van der Waals surface area contributed by atoms with E-state index in [1.165, 1.54) is 7.11 Å². The number of carbonyl (C=O) groups is 1. The molecule has 0 saturated carbocycles. The first-order valence-electron chi connectivity index (χ1n) is 2.10. The number of rotatable bonds is 3. The Morgan fingerprint density at radius 1 is 2.00 bits per heavy atom. The van der Waals surface area contributed by atoms with Gasteiger partial charge in [0.2, 0.25) is 5.91 Å². The summed E-state index contributed by atoms with van der Waals surface area (Å²) in [5, 5.41) is 0. The van der Waals surface area contributed by atoms with Crippen LogP contribution >= 0.6 is 15.9 Å². The van der Waals surface area contributed by atoms with E-state index in [2.05, 4.69) is 20.7 Å². The van der Waals surface area contributed by atoms with Gasteiger partial charge in [0, 0.05) is 7.11 Å². The molecule has 0 aromatic rings. The molecule has 3 nitrogen and oxygen atoms in total. The number of hydrogen-bond donors (Lipinski definition) is 1. The van der Waals surface area contributed by atoms with Gasteiger partial charge in [-0.2, -0.15) is 0 Å². The molecule has 0 radical (unpaired) electrons. The summed E-state index contributed by atoms with van der Waals surface area (Å²) >= 11 is 3.00. The van der Waals surface area contributed by atoms with Crippen molar-refractivity contribution in [3.8, 4) is 0 Å². The van der Waals surface area contributed by atoms with Gasteiger partial charge < -0.3 is 10.5 Å². The highest BCUT2D eigenvalue weighted by Crippen LogP contribution is 1.96. The Hall–Kier alpha value is -0.0900. The molecule has 0 aromatic heterocycles. The summed E-state index contributed by atoms with van der Waals surface area (Å²) in [5.41, 5.74) is 4.86. The molecule has 0 aliphatic rings. The predicted octanol–water partition coefficient (Wildman–Crippen LogP) is -0.118. The summed E-state index contributed by atoms with van der Waals surface area (Å²) in [6, 6.07) is 0. The second kappa shape index (κ2) is 3.86. The molecule has 4 heteroatoms. The number of carbonyl (C=O) groups excluding carboxylic acids is 1. The number of halogens is 1. The van der Waals surface area contributed by atoms with Gasteiger partial charge >= 0.3 is 0 Å². The maximum atomic E-state index is 10.2. The van der Waals surface area contributed by atoms with Crippen molar-refractivity contribution in [1.82, 2.24) is 0 Å². The van der Waals surface area contributed by atoms with E-state index < -0.39 is 5.91 Å². The highest BCUT2D eigenvalue weighted by atomic mass is 79.9. The van der Waals surface area contributed by atoms with Crippen LogP contribution in [0.15, 0.2) is 0 Å². The average molecular weight is 182 g/mol. The Morgan fingerprint density at radius 3 is 2.62 bits per heavy atom. The van der Waals surface area contributed by atoms with Crippen LogP contribution in [0, 0.1) is 0 Å². The monoisotopic (exact) mass is 181 g/mol. The van der Waals surface area contributed by atoms with Crippen molar-refractivity contribution in [2.45, 2.75) is 4.83 Å². The second-order valence-corrected chi connectivity index (χ2v) is 2.43. The first kappa shape index (κ1) is 7.91. The fourth-order valence-electron chi connectivity index (χ4n) is 0.228. The van der Waals surface area contributed by atoms with E-state index in [4.69, 9.17) is 5.73 Å². The standard InChI is InChI=1S/C4H8BrNO2/c1-8-2-3(5)4(6)7/h3H,2H2,1H3,(H2,6,7). The molecule has 1 amide bonds. The molecule has 0 bridgehead atoms. The number of hydrogen-bond acceptors (Lipinski definition) is 2. The quantitative estimate of drug-likeness (QED) is 0.618. The third-order valence-electron chi connectivity index (χ3n) is 0.622. The fraction of sp³-hybridized carbons (Fsp3) is 0.750. The Bertz CT molecular complexity index is 86.1. The summed E-state index contributed by atoms with van der Waals surface area (Å²) in [6.45, 7) is 0.329. The molecule has 0 aromatic carbocycles. The van der Waals surface area contributed by atoms with Crippen LogP contribution in [0.4, 0.5) is 0 Å². The Balaban J connectivity index is 3.32. The molecule has 0 heterocycles. The van der Waals surface area contributed by atoms with Crippen LogP contribution in [-0.2, 0) is 9.53 Å². The number of methoxy groups -OCH3 is 1. The fourth-order valence-corrected chi connectivity index (χ4v) is 0.493. The van der Waals surface area contributed by atoms with E-state index in [9.17, 15) is 4.79 Å². The summed E-state index contributed by atoms with van der Waals surface area (Å²) in [6.07, 6.45) is 0. The first-order valence-corrected chi connectivity index (χ1v) is 3.02. The summed E-state index contributed by atoms with van der Waals surface area (Å²) < 4.78 is 4.62. The number of amides is 1. The van der Waals surface area contributed by atoms with Crippen LogP contribution in [0.2, 0.25) is 0 Å². The van der Waals surface area contributed by atoms with Crippen molar-refractivity contribution >= 4 is 21.8 Å². The molecule has 0 saturated heterocycles. The van der Waals surface area contributed by atoms with Crippen molar-refractivity contribution in [1.29, 1.82) is 0 Å². The molecular formula is C4H8BrNO2. The van der Waals surface area contributed by atoms with Crippen molar-refractivity contribution in [3.05, 3.63) is 0 Å². The predicted molar refractivity (Wildman–Crippen MR) is 33.8 cm³/mol. The lowest BCUT2D eigenvalue weighted by Crippen LogP contribution is -2.26. The number of alkyl halides is 1. The molecule has 0 fully saturated rings. The average Bonchev–Trinajstić information content (AvgIpc) is 1.67. The Labute approximate surface area is 56.3 Å². The lowest BCUT2D eigenvalue weighted by molar-refractivity contribution is -0.118. The van der Waals surface area contributed by atoms with Gasteiger partial charge in [0.05, 0.1) is 6.61 Å². The van der Waals surface area contributed by atoms with Gasteiger partial charge in [-0.3, -0.25) is 4.79 Å². The van der Waals surface area contributed by atoms with Gasteiger partial charge in [-0.15, -0.1) is 0 Å². The van der Waals surface area contributed by atoms with Crippen LogP contribution < -0.4 is 5.73 Å². The number of ether oxygens (including phenoxy) is 1. The molecule has 1 unspecified atom stereocenters. The molecule has 8 heavy (non-hydrogen) atoms. The highest BCUT2D eigenvalue weighted by molar-refractivity contribution is 9.10. The third kappa shape index (κ3) is 2.98. The Morgan fingerprint density at radius 2 is 2.50 bits per heavy atom. The minimum Gasteiger partial charge on any atom is -0.383 e. The van der Waals surface area contributed by atoms with Gasteiger partial charge in [-0.1, -0.05) is 15.9 Å². The van der Waals surface area contributed by atoms with Gasteiger partial charge in [-0.05, 0) is 0 Å². The maximum absolute atomic E-state index is 10.2. The normalized spacial score (nSPS) is 13.2. The summed E-state index contributed by atoms with van der Waals surface area (Å²) in [5.74, 6) is -0.396. The van der Waals surface area contributed by atoms with Crippen molar-refractivity contribution in [2.75, 3.05) is 13.7 Å². The third-order valence-corrected chi connectivity index (χ3v) is 1.34. The number of nitrogens with two attached hydrogens (primary N) is 1. The molecule has 48 valence electrons. The summed E-state index contributed by atoms with van der Waals surface area (Å²) in [7, 11) is 1.51. The van der Waals surface area contributed by atoms with Crippen LogP contribution in [0.3, 0.4) is 0 Å². The van der Waals surface area contributed by atoms with Gasteiger partial charge in [0.15, 0.2) is 0 Å². The Kier molecular flexibility index (Phi) is 3.81. The van der Waals surface area contributed by atoms with Crippen molar-refractivity contribution in [2.24, 2.45) is 5.73 Å². The minimum absolute atomic E-state index is 0.329. The maximum Gasteiger partial charge on any atom is 0.233 e. The van der Waals surface area contributed by atoms with Crippen LogP contribution in [-0.4, -0.2) is 24.5 Å². The lowest BCUT2D eigenvalue weighted by atomic mass is 10.4. The minimum atomic E-state index is -0.396. The van der Waals surface area contributed by atoms with E-state index in [1.807, 2.05) is 0 Å². The van der Waals surface area contributed by atoms with Gasteiger partial charge in [0.1, 0.15) is 4.83 Å². The zero-order chi connectivity index (χ0) is 6.57. The molecule has 0 aliphatic carbocycles.